The molecule has 0 spiro atoms. The molecule has 2 saturated carbocycles. The van der Waals surface area contributed by atoms with E-state index in [1.165, 1.54) is 25.7 Å². The van der Waals surface area contributed by atoms with Crippen LogP contribution in [0.5, 0.6) is 0 Å². The van der Waals surface area contributed by atoms with Crippen molar-refractivity contribution in [2.24, 2.45) is 5.92 Å². The normalized spacial score (nSPS) is 18.8. The van der Waals surface area contributed by atoms with Crippen LogP contribution in [-0.2, 0) is 0 Å². The minimum atomic E-state index is 0.660. The second kappa shape index (κ2) is 4.08. The van der Waals surface area contributed by atoms with Gasteiger partial charge in [0.25, 0.3) is 0 Å². The largest absolute Gasteiger partial charge is 0.357 e. The summed E-state index contributed by atoms with van der Waals surface area (Å²) in [6, 6.07) is 0.665. The summed E-state index contributed by atoms with van der Waals surface area (Å²) in [5, 5.41) is 11.1. The molecular formula is C13H18N6. The van der Waals surface area contributed by atoms with Crippen molar-refractivity contribution in [3.05, 3.63) is 6.20 Å². The number of nitrogens with zero attached hydrogens (tertiary/aromatic N) is 4. The monoisotopic (exact) mass is 258 g/mol. The first-order valence-corrected chi connectivity index (χ1v) is 7.00. The van der Waals surface area contributed by atoms with Crippen LogP contribution in [0, 0.1) is 5.92 Å². The topological polar surface area (TPSA) is 69.7 Å². The number of rotatable bonds is 5. The van der Waals surface area contributed by atoms with Crippen LogP contribution in [-0.4, -0.2) is 39.8 Å². The van der Waals surface area contributed by atoms with E-state index in [0.717, 1.165) is 29.3 Å². The second-order valence-corrected chi connectivity index (χ2v) is 5.58. The van der Waals surface area contributed by atoms with E-state index >= 15 is 0 Å². The third-order valence-corrected chi connectivity index (χ3v) is 3.92. The van der Waals surface area contributed by atoms with E-state index in [-0.39, 0.29) is 0 Å². The summed E-state index contributed by atoms with van der Waals surface area (Å²) < 4.78 is 0. The lowest BCUT2D eigenvalue weighted by Crippen LogP contribution is -2.29. The third kappa shape index (κ3) is 2.01. The Bertz CT molecular complexity index is 598. The molecule has 0 radical (unpaired) electrons. The maximum absolute atomic E-state index is 4.68. The summed E-state index contributed by atoms with van der Waals surface area (Å²) >= 11 is 0. The Labute approximate surface area is 111 Å². The molecule has 0 atom stereocenters. The van der Waals surface area contributed by atoms with Crippen LogP contribution >= 0.6 is 0 Å². The molecule has 0 bridgehead atoms. The van der Waals surface area contributed by atoms with Crippen LogP contribution in [0.2, 0.25) is 0 Å². The van der Waals surface area contributed by atoms with Crippen molar-refractivity contribution >= 4 is 22.8 Å². The molecule has 2 fully saturated rings. The van der Waals surface area contributed by atoms with Crippen molar-refractivity contribution in [1.29, 1.82) is 0 Å². The second-order valence-electron chi connectivity index (χ2n) is 5.58. The van der Waals surface area contributed by atoms with Crippen LogP contribution in [0.25, 0.3) is 11.0 Å². The van der Waals surface area contributed by atoms with Gasteiger partial charge < -0.3 is 10.2 Å². The van der Waals surface area contributed by atoms with Gasteiger partial charge in [0.15, 0.2) is 5.65 Å². The van der Waals surface area contributed by atoms with Crippen molar-refractivity contribution in [3.8, 4) is 0 Å². The lowest BCUT2D eigenvalue weighted by molar-refractivity contribution is 0.711. The Morgan fingerprint density at radius 3 is 2.84 bits per heavy atom. The van der Waals surface area contributed by atoms with Crippen molar-refractivity contribution in [2.45, 2.75) is 31.7 Å². The lowest BCUT2D eigenvalue weighted by Gasteiger charge is -2.24. The van der Waals surface area contributed by atoms with Gasteiger partial charge in [-0.05, 0) is 31.6 Å². The van der Waals surface area contributed by atoms with Gasteiger partial charge >= 0.3 is 0 Å². The van der Waals surface area contributed by atoms with Gasteiger partial charge in [0.05, 0.1) is 11.6 Å². The van der Waals surface area contributed by atoms with Gasteiger partial charge in [0, 0.05) is 19.6 Å². The maximum Gasteiger partial charge on any atom is 0.226 e. The van der Waals surface area contributed by atoms with E-state index < -0.39 is 0 Å². The number of anilines is 2. The van der Waals surface area contributed by atoms with Gasteiger partial charge in [-0.25, -0.2) is 0 Å². The molecule has 100 valence electrons. The van der Waals surface area contributed by atoms with Gasteiger partial charge in [0.2, 0.25) is 5.95 Å². The standard InChI is InChI=1S/C13H18N6/c1-14-13-16-11-10(6-15-18-11)12(17-13)19(9-4-5-9)7-8-2-3-8/h6,8-9H,2-5,7H2,1H3,(H2,14,15,16,17,18). The Balaban J connectivity index is 1.79. The molecule has 2 aromatic heterocycles. The molecule has 19 heavy (non-hydrogen) atoms. The highest BCUT2D eigenvalue weighted by Crippen LogP contribution is 2.39. The number of aromatic nitrogens is 4. The molecule has 0 aromatic carbocycles. The summed E-state index contributed by atoms with van der Waals surface area (Å²) in [4.78, 5) is 11.6. The minimum absolute atomic E-state index is 0.660. The molecule has 2 aliphatic carbocycles. The molecule has 6 heteroatoms. The fraction of sp³-hybridized carbons (Fsp3) is 0.615. The molecule has 0 aliphatic heterocycles. The van der Waals surface area contributed by atoms with Crippen LogP contribution in [0.4, 0.5) is 11.8 Å². The van der Waals surface area contributed by atoms with Gasteiger partial charge in [-0.1, -0.05) is 0 Å². The average Bonchev–Trinajstić information content (AvgIpc) is 3.33. The molecule has 0 saturated heterocycles. The van der Waals surface area contributed by atoms with Crippen LogP contribution in [0.15, 0.2) is 6.20 Å². The van der Waals surface area contributed by atoms with Gasteiger partial charge in [0.1, 0.15) is 5.82 Å². The van der Waals surface area contributed by atoms with Crippen molar-refractivity contribution in [2.75, 3.05) is 23.8 Å². The van der Waals surface area contributed by atoms with Crippen molar-refractivity contribution in [3.63, 3.8) is 0 Å². The number of nitrogens with one attached hydrogen (secondary N) is 2. The number of fused-ring (bicyclic) bond motifs is 1. The van der Waals surface area contributed by atoms with Crippen LogP contribution < -0.4 is 10.2 Å². The number of hydrogen-bond acceptors (Lipinski definition) is 5. The van der Waals surface area contributed by atoms with Crippen molar-refractivity contribution in [1.82, 2.24) is 20.2 Å². The first-order chi connectivity index (χ1) is 9.35. The molecule has 2 N–H and O–H groups in total. The lowest BCUT2D eigenvalue weighted by atomic mass is 10.3. The summed E-state index contributed by atoms with van der Waals surface area (Å²) in [6.45, 7) is 1.13. The van der Waals surface area contributed by atoms with Gasteiger partial charge in [-0.2, -0.15) is 15.1 Å². The SMILES string of the molecule is CNc1nc(N(CC2CC2)C2CC2)c2cn[nH]c2n1. The molecule has 2 heterocycles. The molecular weight excluding hydrogens is 240 g/mol. The van der Waals surface area contributed by atoms with Crippen LogP contribution in [0.3, 0.4) is 0 Å². The minimum Gasteiger partial charge on any atom is -0.357 e. The van der Waals surface area contributed by atoms with E-state index in [2.05, 4.69) is 30.4 Å². The highest BCUT2D eigenvalue weighted by Gasteiger charge is 2.35. The van der Waals surface area contributed by atoms with E-state index in [4.69, 9.17) is 0 Å². The Morgan fingerprint density at radius 1 is 1.32 bits per heavy atom. The van der Waals surface area contributed by atoms with E-state index in [1.807, 2.05) is 13.2 Å². The zero-order chi connectivity index (χ0) is 12.8. The zero-order valence-corrected chi connectivity index (χ0v) is 11.1. The first-order valence-electron chi connectivity index (χ1n) is 7.00. The zero-order valence-electron chi connectivity index (χ0n) is 11.1. The summed E-state index contributed by atoms with van der Waals surface area (Å²) in [6.07, 6.45) is 7.13. The molecule has 0 amide bonds. The average molecular weight is 258 g/mol. The van der Waals surface area contributed by atoms with E-state index in [0.29, 0.717) is 12.0 Å². The molecule has 2 aliphatic rings. The quantitative estimate of drug-likeness (QED) is 0.855. The van der Waals surface area contributed by atoms with Gasteiger partial charge in [-0.3, -0.25) is 5.10 Å². The molecule has 0 unspecified atom stereocenters. The predicted octanol–water partition coefficient (Wildman–Crippen LogP) is 1.77. The van der Waals surface area contributed by atoms with Gasteiger partial charge in [-0.15, -0.1) is 0 Å². The Kier molecular flexibility index (Phi) is 2.36. The predicted molar refractivity (Wildman–Crippen MR) is 74.3 cm³/mol. The molecule has 2 aromatic rings. The Hall–Kier alpha value is -1.85. The first kappa shape index (κ1) is 11.0. The third-order valence-electron chi connectivity index (χ3n) is 3.92. The summed E-state index contributed by atoms with van der Waals surface area (Å²) in [7, 11) is 1.85. The number of aromatic amines is 1. The number of H-pyrrole nitrogens is 1. The molecule has 6 nitrogen and oxygen atoms in total. The highest BCUT2D eigenvalue weighted by molar-refractivity contribution is 5.87. The molecule has 4 rings (SSSR count). The summed E-state index contributed by atoms with van der Waals surface area (Å²) in [5.41, 5.74) is 0.816. The highest BCUT2D eigenvalue weighted by atomic mass is 15.3. The Morgan fingerprint density at radius 2 is 2.16 bits per heavy atom. The maximum atomic E-state index is 4.68. The summed E-state index contributed by atoms with van der Waals surface area (Å²) in [5.74, 6) is 2.56. The van der Waals surface area contributed by atoms with E-state index in [9.17, 15) is 0 Å². The van der Waals surface area contributed by atoms with E-state index in [1.54, 1.807) is 0 Å². The van der Waals surface area contributed by atoms with Crippen molar-refractivity contribution < 1.29 is 0 Å². The fourth-order valence-corrected chi connectivity index (χ4v) is 2.52. The smallest absolute Gasteiger partial charge is 0.226 e. The fourth-order valence-electron chi connectivity index (χ4n) is 2.52. The number of hydrogen-bond donors (Lipinski definition) is 2. The van der Waals surface area contributed by atoms with Crippen LogP contribution in [0.1, 0.15) is 25.7 Å².